The highest BCUT2D eigenvalue weighted by molar-refractivity contribution is 5.70. The van der Waals surface area contributed by atoms with Crippen molar-refractivity contribution in [1.29, 1.82) is 0 Å². The van der Waals surface area contributed by atoms with Crippen LogP contribution in [0.1, 0.15) is 25.8 Å². The van der Waals surface area contributed by atoms with Crippen molar-refractivity contribution in [2.45, 2.75) is 39.0 Å². The lowest BCUT2D eigenvalue weighted by Gasteiger charge is -2.31. The Morgan fingerprint density at radius 1 is 1.35 bits per heavy atom. The van der Waals surface area contributed by atoms with Gasteiger partial charge in [-0.05, 0) is 25.8 Å². The zero-order valence-corrected chi connectivity index (χ0v) is 13.6. The Morgan fingerprint density at radius 2 is 2.04 bits per heavy atom. The first-order valence-electron chi connectivity index (χ1n) is 7.90. The predicted molar refractivity (Wildman–Crippen MR) is 86.1 cm³/mol. The fraction of sp³-hybridized carbons (Fsp3) is 0.529. The third kappa shape index (κ3) is 4.96. The van der Waals surface area contributed by atoms with Crippen LogP contribution in [-0.4, -0.2) is 58.7 Å². The van der Waals surface area contributed by atoms with E-state index in [0.29, 0.717) is 13.1 Å². The number of rotatable bonds is 6. The van der Waals surface area contributed by atoms with Crippen LogP contribution in [0.4, 0.5) is 4.79 Å². The summed E-state index contributed by atoms with van der Waals surface area (Å²) in [5, 5.41) is 8.88. The number of carbonyl (C=O) groups excluding carboxylic acids is 1. The second kappa shape index (κ2) is 7.97. The largest absolute Gasteiger partial charge is 0.480 e. The van der Waals surface area contributed by atoms with Crippen molar-refractivity contribution in [2.75, 3.05) is 19.6 Å². The summed E-state index contributed by atoms with van der Waals surface area (Å²) in [5.41, 5.74) is 0.948. The number of benzene rings is 1. The monoisotopic (exact) mass is 320 g/mol. The zero-order valence-electron chi connectivity index (χ0n) is 13.6. The molecule has 0 bridgehead atoms. The van der Waals surface area contributed by atoms with Crippen molar-refractivity contribution in [3.63, 3.8) is 0 Å². The highest BCUT2D eigenvalue weighted by Gasteiger charge is 2.33. The van der Waals surface area contributed by atoms with Crippen LogP contribution in [0.5, 0.6) is 0 Å². The van der Waals surface area contributed by atoms with Crippen molar-refractivity contribution in [1.82, 2.24) is 9.80 Å². The summed E-state index contributed by atoms with van der Waals surface area (Å²) in [7, 11) is 0. The molecule has 1 aromatic carbocycles. The van der Waals surface area contributed by atoms with Crippen LogP contribution in [0, 0.1) is 0 Å². The van der Waals surface area contributed by atoms with Crippen molar-refractivity contribution < 1.29 is 19.4 Å². The van der Waals surface area contributed by atoms with Gasteiger partial charge in [-0.25, -0.2) is 4.79 Å². The third-order valence-corrected chi connectivity index (χ3v) is 3.97. The quantitative estimate of drug-likeness (QED) is 0.870. The zero-order chi connectivity index (χ0) is 16.8. The van der Waals surface area contributed by atoms with E-state index in [-0.39, 0.29) is 31.3 Å². The van der Waals surface area contributed by atoms with Gasteiger partial charge in [0.25, 0.3) is 0 Å². The number of likely N-dealkylation sites (tertiary alicyclic amines) is 1. The van der Waals surface area contributed by atoms with Crippen LogP contribution in [-0.2, 0) is 16.1 Å². The molecule has 1 fully saturated rings. The van der Waals surface area contributed by atoms with Crippen molar-refractivity contribution in [3.8, 4) is 0 Å². The smallest absolute Gasteiger partial charge is 0.410 e. The molecule has 2 rings (SSSR count). The molecule has 6 heteroatoms. The Morgan fingerprint density at radius 3 is 2.65 bits per heavy atom. The van der Waals surface area contributed by atoms with Gasteiger partial charge in [-0.3, -0.25) is 9.69 Å². The first-order valence-corrected chi connectivity index (χ1v) is 7.90. The van der Waals surface area contributed by atoms with E-state index in [2.05, 4.69) is 0 Å². The Labute approximate surface area is 136 Å². The minimum Gasteiger partial charge on any atom is -0.480 e. The molecular formula is C17H24N2O4. The third-order valence-electron chi connectivity index (χ3n) is 3.97. The summed E-state index contributed by atoms with van der Waals surface area (Å²) in [5.74, 6) is -0.839. The van der Waals surface area contributed by atoms with E-state index in [1.165, 1.54) is 0 Å². The number of carbonyl (C=O) groups is 2. The molecule has 1 amide bonds. The maximum atomic E-state index is 12.4. The minimum atomic E-state index is -0.839. The highest BCUT2D eigenvalue weighted by atomic mass is 16.6. The SMILES string of the molecule is CC(C)N(C(=O)OCc1ccccc1)C1CCN(CC(=O)O)C1. The molecule has 1 unspecified atom stereocenters. The maximum Gasteiger partial charge on any atom is 0.410 e. The summed E-state index contributed by atoms with van der Waals surface area (Å²) < 4.78 is 5.43. The normalized spacial score (nSPS) is 18.1. The molecule has 23 heavy (non-hydrogen) atoms. The maximum absolute atomic E-state index is 12.4. The average Bonchev–Trinajstić information content (AvgIpc) is 2.93. The molecule has 0 aliphatic carbocycles. The fourth-order valence-corrected chi connectivity index (χ4v) is 2.95. The highest BCUT2D eigenvalue weighted by Crippen LogP contribution is 2.19. The summed E-state index contributed by atoms with van der Waals surface area (Å²) in [6.07, 6.45) is 0.428. The lowest BCUT2D eigenvalue weighted by molar-refractivity contribution is -0.138. The number of amides is 1. The molecule has 1 saturated heterocycles. The Kier molecular flexibility index (Phi) is 5.98. The number of hydrogen-bond donors (Lipinski definition) is 1. The molecule has 1 aliphatic heterocycles. The Bertz CT molecular complexity index is 533. The van der Waals surface area contributed by atoms with Gasteiger partial charge in [0.1, 0.15) is 6.61 Å². The van der Waals surface area contributed by atoms with Crippen molar-refractivity contribution in [3.05, 3.63) is 35.9 Å². The molecule has 126 valence electrons. The molecule has 1 aromatic rings. The first-order chi connectivity index (χ1) is 11.0. The lowest BCUT2D eigenvalue weighted by atomic mass is 10.2. The number of ether oxygens (including phenoxy) is 1. The molecule has 1 atom stereocenters. The molecule has 6 nitrogen and oxygen atoms in total. The number of aliphatic carboxylic acids is 1. The lowest BCUT2D eigenvalue weighted by Crippen LogP contribution is -2.46. The van der Waals surface area contributed by atoms with Gasteiger partial charge in [-0.15, -0.1) is 0 Å². The van der Waals surface area contributed by atoms with Gasteiger partial charge >= 0.3 is 12.1 Å². The van der Waals surface area contributed by atoms with Crippen LogP contribution >= 0.6 is 0 Å². The van der Waals surface area contributed by atoms with Gasteiger partial charge in [0.15, 0.2) is 0 Å². The number of carboxylic acid groups (broad SMARTS) is 1. The second-order valence-electron chi connectivity index (χ2n) is 6.11. The Hall–Kier alpha value is -2.08. The van der Waals surface area contributed by atoms with Crippen LogP contribution < -0.4 is 0 Å². The van der Waals surface area contributed by atoms with E-state index in [4.69, 9.17) is 9.84 Å². The number of nitrogens with zero attached hydrogens (tertiary/aromatic N) is 2. The Balaban J connectivity index is 1.93. The van der Waals surface area contributed by atoms with Gasteiger partial charge < -0.3 is 14.7 Å². The molecule has 0 radical (unpaired) electrons. The summed E-state index contributed by atoms with van der Waals surface area (Å²) in [6, 6.07) is 9.56. The fourth-order valence-electron chi connectivity index (χ4n) is 2.95. The minimum absolute atomic E-state index is 0.00220. The average molecular weight is 320 g/mol. The van der Waals surface area contributed by atoms with Gasteiger partial charge in [-0.2, -0.15) is 0 Å². The topological polar surface area (TPSA) is 70.1 Å². The van der Waals surface area contributed by atoms with Crippen molar-refractivity contribution >= 4 is 12.1 Å². The van der Waals surface area contributed by atoms with E-state index in [1.807, 2.05) is 49.1 Å². The van der Waals surface area contributed by atoms with Crippen molar-refractivity contribution in [2.24, 2.45) is 0 Å². The van der Waals surface area contributed by atoms with E-state index in [0.717, 1.165) is 12.0 Å². The predicted octanol–water partition coefficient (Wildman–Crippen LogP) is 2.19. The standard InChI is InChI=1S/C17H24N2O4/c1-13(2)19(15-8-9-18(10-15)11-16(20)21)17(22)23-12-14-6-4-3-5-7-14/h3-7,13,15H,8-12H2,1-2H3,(H,20,21). The van der Waals surface area contributed by atoms with Gasteiger partial charge in [0.2, 0.25) is 0 Å². The molecule has 0 saturated carbocycles. The summed E-state index contributed by atoms with van der Waals surface area (Å²) >= 11 is 0. The molecule has 0 spiro atoms. The number of carboxylic acids is 1. The van der Waals surface area contributed by atoms with Gasteiger partial charge in [0, 0.05) is 25.2 Å². The molecule has 1 N–H and O–H groups in total. The first kappa shape index (κ1) is 17.3. The summed E-state index contributed by atoms with van der Waals surface area (Å²) in [6.45, 7) is 5.42. The second-order valence-corrected chi connectivity index (χ2v) is 6.11. The van der Waals surface area contributed by atoms with E-state index in [1.54, 1.807) is 4.90 Å². The van der Waals surface area contributed by atoms with E-state index < -0.39 is 5.97 Å². The van der Waals surface area contributed by atoms with Gasteiger partial charge in [0.05, 0.1) is 6.54 Å². The molecular weight excluding hydrogens is 296 g/mol. The number of hydrogen-bond acceptors (Lipinski definition) is 4. The van der Waals surface area contributed by atoms with Gasteiger partial charge in [-0.1, -0.05) is 30.3 Å². The van der Waals surface area contributed by atoms with Crippen LogP contribution in [0.25, 0.3) is 0 Å². The van der Waals surface area contributed by atoms with E-state index >= 15 is 0 Å². The van der Waals surface area contributed by atoms with E-state index in [9.17, 15) is 9.59 Å². The van der Waals surface area contributed by atoms with Crippen LogP contribution in [0.15, 0.2) is 30.3 Å². The molecule has 1 heterocycles. The molecule has 0 aromatic heterocycles. The molecule has 1 aliphatic rings. The van der Waals surface area contributed by atoms with Crippen LogP contribution in [0.2, 0.25) is 0 Å². The summed E-state index contributed by atoms with van der Waals surface area (Å²) in [4.78, 5) is 26.8. The van der Waals surface area contributed by atoms with Crippen LogP contribution in [0.3, 0.4) is 0 Å².